The molecule has 2 saturated heterocycles. The molecule has 1 N–H and O–H groups in total. The van der Waals surface area contributed by atoms with Gasteiger partial charge in [-0.2, -0.15) is 0 Å². The number of likely N-dealkylation sites (tertiary alicyclic amines) is 2. The lowest BCUT2D eigenvalue weighted by Gasteiger charge is -2.41. The Morgan fingerprint density at radius 3 is 1.31 bits per heavy atom. The van der Waals surface area contributed by atoms with E-state index in [1.807, 2.05) is 62.3 Å². The van der Waals surface area contributed by atoms with Gasteiger partial charge in [-0.15, -0.1) is 0 Å². The van der Waals surface area contributed by atoms with Gasteiger partial charge in [0.25, 0.3) is 0 Å². The van der Waals surface area contributed by atoms with Crippen LogP contribution in [0.1, 0.15) is 115 Å². The summed E-state index contributed by atoms with van der Waals surface area (Å²) >= 11 is 0. The predicted molar refractivity (Wildman–Crippen MR) is 162 cm³/mol. The second kappa shape index (κ2) is 15.3. The van der Waals surface area contributed by atoms with Gasteiger partial charge in [-0.3, -0.25) is 9.59 Å². The minimum atomic E-state index is -0.741. The maximum absolute atomic E-state index is 12.4. The van der Waals surface area contributed by atoms with E-state index in [0.717, 1.165) is 6.42 Å². The van der Waals surface area contributed by atoms with Crippen molar-refractivity contribution in [2.45, 2.75) is 126 Å². The summed E-state index contributed by atoms with van der Waals surface area (Å²) in [5.41, 5.74) is -2.16. The number of amides is 2. The minimum Gasteiger partial charge on any atom is -0.481 e. The van der Waals surface area contributed by atoms with Crippen molar-refractivity contribution in [3.8, 4) is 0 Å². The van der Waals surface area contributed by atoms with Gasteiger partial charge in [0.05, 0.1) is 17.4 Å². The predicted octanol–water partition coefficient (Wildman–Crippen LogP) is 6.75. The van der Waals surface area contributed by atoms with E-state index >= 15 is 0 Å². The topological polar surface area (TPSA) is 123 Å². The number of nitrogens with zero attached hydrogens (tertiary/aromatic N) is 2. The molecule has 0 aromatic carbocycles. The van der Waals surface area contributed by atoms with E-state index in [0.29, 0.717) is 76.7 Å². The molecule has 0 aromatic heterocycles. The molecule has 2 rings (SSSR count). The molecule has 0 aliphatic carbocycles. The van der Waals surface area contributed by atoms with Crippen molar-refractivity contribution in [1.29, 1.82) is 0 Å². The van der Waals surface area contributed by atoms with Crippen molar-refractivity contribution in [2.75, 3.05) is 32.8 Å². The smallest absolute Gasteiger partial charge is 0.410 e. The normalized spacial score (nSPS) is 18.6. The third kappa shape index (κ3) is 12.0. The van der Waals surface area contributed by atoms with Gasteiger partial charge >= 0.3 is 24.1 Å². The summed E-state index contributed by atoms with van der Waals surface area (Å²) < 4.78 is 16.0. The third-order valence-electron chi connectivity index (χ3n) is 7.50. The number of rotatable bonds is 7. The van der Waals surface area contributed by atoms with Crippen LogP contribution in [0, 0.1) is 22.7 Å². The monoisotopic (exact) mass is 598 g/mol. The van der Waals surface area contributed by atoms with E-state index in [9.17, 15) is 24.3 Å². The van der Waals surface area contributed by atoms with Crippen LogP contribution < -0.4 is 0 Å². The van der Waals surface area contributed by atoms with E-state index in [1.54, 1.807) is 9.80 Å². The molecular formula is C32H58N2O8. The van der Waals surface area contributed by atoms with Gasteiger partial charge in [-0.1, -0.05) is 27.7 Å². The average molecular weight is 599 g/mol. The first kappa shape index (κ1) is 37.5. The van der Waals surface area contributed by atoms with Crippen molar-refractivity contribution < 1.29 is 38.5 Å². The minimum absolute atomic E-state index is 0.118. The summed E-state index contributed by atoms with van der Waals surface area (Å²) in [6.45, 7) is 23.6. The molecule has 0 spiro atoms. The lowest BCUT2D eigenvalue weighted by Crippen LogP contribution is -2.48. The van der Waals surface area contributed by atoms with E-state index < -0.39 is 28.0 Å². The molecule has 2 heterocycles. The summed E-state index contributed by atoms with van der Waals surface area (Å²) in [7, 11) is 0. The van der Waals surface area contributed by atoms with Crippen LogP contribution >= 0.6 is 0 Å². The van der Waals surface area contributed by atoms with Crippen LogP contribution in [0.15, 0.2) is 0 Å². The van der Waals surface area contributed by atoms with Gasteiger partial charge in [0, 0.05) is 26.2 Å². The van der Waals surface area contributed by atoms with Crippen molar-refractivity contribution in [2.24, 2.45) is 22.7 Å². The van der Waals surface area contributed by atoms with Crippen LogP contribution in [0.25, 0.3) is 0 Å². The Morgan fingerprint density at radius 1 is 0.690 bits per heavy atom. The fourth-order valence-electron chi connectivity index (χ4n) is 5.73. The second-order valence-electron chi connectivity index (χ2n) is 14.7. The Balaban J connectivity index is 0.000000422. The van der Waals surface area contributed by atoms with Crippen LogP contribution in [0.5, 0.6) is 0 Å². The number of ether oxygens (including phenoxy) is 3. The molecular weight excluding hydrogens is 540 g/mol. The molecule has 10 heteroatoms. The molecule has 244 valence electrons. The first-order valence-electron chi connectivity index (χ1n) is 15.5. The van der Waals surface area contributed by atoms with Gasteiger partial charge in [0.2, 0.25) is 0 Å². The third-order valence-corrected chi connectivity index (χ3v) is 7.50. The zero-order chi connectivity index (χ0) is 32.5. The van der Waals surface area contributed by atoms with Gasteiger partial charge < -0.3 is 29.1 Å². The lowest BCUT2D eigenvalue weighted by atomic mass is 9.72. The zero-order valence-corrected chi connectivity index (χ0v) is 28.1. The summed E-state index contributed by atoms with van der Waals surface area (Å²) in [4.78, 5) is 51.4. The molecule has 2 fully saturated rings. The number of esters is 1. The first-order valence-corrected chi connectivity index (χ1v) is 15.5. The number of carbonyl (C=O) groups excluding carboxylic acids is 3. The SMILES string of the molecule is CC(C)CC1(C(=O)O)CCN(C(=O)OC(C)(C)C)CC1.CCOC(=O)C1(CC(C)C)CCN(C(=O)OC(C)(C)C)CC1. The van der Waals surface area contributed by atoms with Crippen LogP contribution in [-0.4, -0.2) is 83.0 Å². The van der Waals surface area contributed by atoms with E-state index in [1.165, 1.54) is 0 Å². The fourth-order valence-corrected chi connectivity index (χ4v) is 5.73. The summed E-state index contributed by atoms with van der Waals surface area (Å²) in [5, 5.41) is 9.51. The maximum atomic E-state index is 12.4. The number of carbonyl (C=O) groups is 4. The van der Waals surface area contributed by atoms with Gasteiger partial charge in [-0.25, -0.2) is 9.59 Å². The number of carboxylic acids is 1. The molecule has 2 aliphatic rings. The van der Waals surface area contributed by atoms with E-state index in [-0.39, 0.29) is 18.2 Å². The molecule has 0 radical (unpaired) electrons. The largest absolute Gasteiger partial charge is 0.481 e. The number of aliphatic carboxylic acids is 1. The summed E-state index contributed by atoms with van der Waals surface area (Å²) in [5.74, 6) is -0.112. The first-order chi connectivity index (χ1) is 19.1. The number of hydrogen-bond acceptors (Lipinski definition) is 7. The summed E-state index contributed by atoms with van der Waals surface area (Å²) in [6, 6.07) is 0. The molecule has 0 aromatic rings. The van der Waals surface area contributed by atoms with Gasteiger partial charge in [0.15, 0.2) is 0 Å². The van der Waals surface area contributed by atoms with Crippen molar-refractivity contribution in [3.05, 3.63) is 0 Å². The Kier molecular flexibility index (Phi) is 13.6. The Morgan fingerprint density at radius 2 is 1.02 bits per heavy atom. The number of carboxylic acid groups (broad SMARTS) is 1. The highest BCUT2D eigenvalue weighted by atomic mass is 16.6. The number of piperidine rings is 2. The van der Waals surface area contributed by atoms with Crippen molar-refractivity contribution in [3.63, 3.8) is 0 Å². The van der Waals surface area contributed by atoms with Crippen LogP contribution in [0.3, 0.4) is 0 Å². The Bertz CT molecular complexity index is 900. The van der Waals surface area contributed by atoms with Crippen molar-refractivity contribution >= 4 is 24.1 Å². The second-order valence-corrected chi connectivity index (χ2v) is 14.7. The standard InChI is InChI=1S/C17H31NO4.C15H27NO4/c1-7-21-14(19)17(12-13(2)3)8-10-18(11-9-17)15(20)22-16(4,5)6;1-11(2)10-15(12(17)18)6-8-16(9-7-15)13(19)20-14(3,4)5/h13H,7-12H2,1-6H3;11H,6-10H2,1-5H3,(H,17,18). The molecule has 0 bridgehead atoms. The Labute approximate surface area is 253 Å². The van der Waals surface area contributed by atoms with Crippen LogP contribution in [0.4, 0.5) is 9.59 Å². The highest BCUT2D eigenvalue weighted by Crippen LogP contribution is 2.40. The van der Waals surface area contributed by atoms with Crippen molar-refractivity contribution in [1.82, 2.24) is 9.80 Å². The van der Waals surface area contributed by atoms with Crippen LogP contribution in [0.2, 0.25) is 0 Å². The zero-order valence-electron chi connectivity index (χ0n) is 28.1. The molecule has 2 aliphatic heterocycles. The highest BCUT2D eigenvalue weighted by molar-refractivity contribution is 5.78. The molecule has 2 amide bonds. The Hall–Kier alpha value is -2.52. The molecule has 0 saturated carbocycles. The highest BCUT2D eigenvalue weighted by Gasteiger charge is 2.45. The average Bonchev–Trinajstić information content (AvgIpc) is 2.82. The van der Waals surface area contributed by atoms with E-state index in [2.05, 4.69) is 13.8 Å². The molecule has 0 unspecified atom stereocenters. The summed E-state index contributed by atoms with van der Waals surface area (Å²) in [6.07, 6.45) is 3.10. The van der Waals surface area contributed by atoms with Crippen LogP contribution in [-0.2, 0) is 23.8 Å². The lowest BCUT2D eigenvalue weighted by molar-refractivity contribution is -0.160. The number of hydrogen-bond donors (Lipinski definition) is 1. The quantitative estimate of drug-likeness (QED) is 0.252. The molecule has 42 heavy (non-hydrogen) atoms. The molecule has 10 nitrogen and oxygen atoms in total. The fraction of sp³-hybridized carbons (Fsp3) is 0.875. The molecule has 0 atom stereocenters. The van der Waals surface area contributed by atoms with Gasteiger partial charge in [0.1, 0.15) is 11.2 Å². The van der Waals surface area contributed by atoms with E-state index in [4.69, 9.17) is 14.2 Å². The maximum Gasteiger partial charge on any atom is 0.410 e. The van der Waals surface area contributed by atoms with Gasteiger partial charge in [-0.05, 0) is 98.8 Å².